The van der Waals surface area contributed by atoms with E-state index in [1.807, 2.05) is 0 Å². The first-order valence-electron chi connectivity index (χ1n) is 6.37. The Morgan fingerprint density at radius 1 is 1.24 bits per heavy atom. The van der Waals surface area contributed by atoms with Gasteiger partial charge in [-0.15, -0.1) is 0 Å². The summed E-state index contributed by atoms with van der Waals surface area (Å²) in [7, 11) is 1.52. The number of rotatable bonds is 5. The number of aliphatic carboxylic acids is 1. The highest BCUT2D eigenvalue weighted by Crippen LogP contribution is 2.29. The van der Waals surface area contributed by atoms with Crippen LogP contribution in [0.5, 0.6) is 5.75 Å². The molecule has 0 spiro atoms. The van der Waals surface area contributed by atoms with E-state index < -0.39 is 11.5 Å². The molecule has 2 aromatic rings. The summed E-state index contributed by atoms with van der Waals surface area (Å²) in [6, 6.07) is 12.4. The lowest BCUT2D eigenvalue weighted by molar-refractivity contribution is -0.142. The van der Waals surface area contributed by atoms with Crippen LogP contribution in [0.3, 0.4) is 0 Å². The van der Waals surface area contributed by atoms with E-state index in [0.29, 0.717) is 17.0 Å². The second-order valence-electron chi connectivity index (χ2n) is 4.79. The van der Waals surface area contributed by atoms with Gasteiger partial charge in [-0.05, 0) is 48.9 Å². The Labute approximate surface area is 122 Å². The number of ether oxygens (including phenoxy) is 1. The van der Waals surface area contributed by atoms with Crippen molar-refractivity contribution in [1.29, 1.82) is 0 Å². The van der Waals surface area contributed by atoms with Crippen LogP contribution in [0.2, 0.25) is 0 Å². The highest BCUT2D eigenvalue weighted by Gasteiger charge is 2.35. The first kappa shape index (κ1) is 14.8. The standard InChI is InChI=1S/C16H16FNO3/c1-16(15(19)20,11-4-3-5-14(10-11)21-2)18-13-8-6-12(17)7-9-13/h3-10,18H,1-2H3,(H,19,20). The molecular formula is C16H16FNO3. The molecule has 0 aromatic heterocycles. The zero-order chi connectivity index (χ0) is 15.5. The number of halogens is 1. The molecule has 0 saturated heterocycles. The predicted octanol–water partition coefficient (Wildman–Crippen LogP) is 3.25. The van der Waals surface area contributed by atoms with Crippen molar-refractivity contribution in [3.63, 3.8) is 0 Å². The van der Waals surface area contributed by atoms with Crippen LogP contribution in [0.25, 0.3) is 0 Å². The van der Waals surface area contributed by atoms with E-state index in [-0.39, 0.29) is 5.82 Å². The number of hydrogen-bond acceptors (Lipinski definition) is 3. The van der Waals surface area contributed by atoms with Crippen LogP contribution in [0.1, 0.15) is 12.5 Å². The molecule has 0 heterocycles. The number of carboxylic acid groups (broad SMARTS) is 1. The molecule has 0 bridgehead atoms. The minimum Gasteiger partial charge on any atom is -0.497 e. The Morgan fingerprint density at radius 2 is 1.90 bits per heavy atom. The van der Waals surface area contributed by atoms with E-state index in [1.54, 1.807) is 31.2 Å². The molecule has 0 fully saturated rings. The fourth-order valence-corrected chi connectivity index (χ4v) is 2.01. The maximum absolute atomic E-state index is 12.9. The monoisotopic (exact) mass is 289 g/mol. The summed E-state index contributed by atoms with van der Waals surface area (Å²) in [4.78, 5) is 11.7. The van der Waals surface area contributed by atoms with Gasteiger partial charge >= 0.3 is 5.97 Å². The fraction of sp³-hybridized carbons (Fsp3) is 0.188. The quantitative estimate of drug-likeness (QED) is 0.887. The topological polar surface area (TPSA) is 58.6 Å². The lowest BCUT2D eigenvalue weighted by Gasteiger charge is -2.28. The van der Waals surface area contributed by atoms with E-state index in [1.165, 1.54) is 31.4 Å². The van der Waals surface area contributed by atoms with Crippen molar-refractivity contribution in [2.45, 2.75) is 12.5 Å². The van der Waals surface area contributed by atoms with Crippen molar-refractivity contribution in [2.75, 3.05) is 12.4 Å². The summed E-state index contributed by atoms with van der Waals surface area (Å²) in [5.41, 5.74) is -0.297. The number of carboxylic acids is 1. The van der Waals surface area contributed by atoms with E-state index in [2.05, 4.69) is 5.32 Å². The van der Waals surface area contributed by atoms with Crippen LogP contribution >= 0.6 is 0 Å². The minimum atomic E-state index is -1.35. The van der Waals surface area contributed by atoms with Crippen LogP contribution < -0.4 is 10.1 Å². The largest absolute Gasteiger partial charge is 0.497 e. The molecule has 0 aliphatic carbocycles. The van der Waals surface area contributed by atoms with Gasteiger partial charge in [-0.25, -0.2) is 9.18 Å². The first-order valence-corrected chi connectivity index (χ1v) is 6.37. The number of anilines is 1. The maximum atomic E-state index is 12.9. The van der Waals surface area contributed by atoms with Crippen LogP contribution in [-0.2, 0) is 10.3 Å². The second-order valence-corrected chi connectivity index (χ2v) is 4.79. The molecule has 0 aliphatic heterocycles. The Hall–Kier alpha value is -2.56. The van der Waals surface area contributed by atoms with Gasteiger partial charge in [0.15, 0.2) is 5.54 Å². The molecule has 0 aliphatic rings. The maximum Gasteiger partial charge on any atom is 0.333 e. The molecule has 0 amide bonds. The molecule has 2 N–H and O–H groups in total. The fourth-order valence-electron chi connectivity index (χ4n) is 2.01. The number of benzene rings is 2. The molecule has 1 unspecified atom stereocenters. The van der Waals surface area contributed by atoms with Crippen molar-refractivity contribution >= 4 is 11.7 Å². The molecule has 4 nitrogen and oxygen atoms in total. The molecule has 0 saturated carbocycles. The molecule has 2 rings (SSSR count). The Bertz CT molecular complexity index is 642. The van der Waals surface area contributed by atoms with Crippen LogP contribution in [0, 0.1) is 5.82 Å². The van der Waals surface area contributed by atoms with Gasteiger partial charge in [-0.3, -0.25) is 0 Å². The van der Waals surface area contributed by atoms with E-state index in [9.17, 15) is 14.3 Å². The molecule has 21 heavy (non-hydrogen) atoms. The van der Waals surface area contributed by atoms with Gasteiger partial charge in [0.25, 0.3) is 0 Å². The van der Waals surface area contributed by atoms with Gasteiger partial charge in [0.05, 0.1) is 7.11 Å². The van der Waals surface area contributed by atoms with E-state index in [0.717, 1.165) is 0 Å². The Kier molecular flexibility index (Phi) is 4.12. The van der Waals surface area contributed by atoms with Crippen molar-refractivity contribution < 1.29 is 19.0 Å². The van der Waals surface area contributed by atoms with Crippen LogP contribution in [-0.4, -0.2) is 18.2 Å². The molecule has 110 valence electrons. The molecule has 1 atom stereocenters. The number of carbonyl (C=O) groups is 1. The van der Waals surface area contributed by atoms with Gasteiger partial charge in [0.1, 0.15) is 11.6 Å². The molecule has 0 radical (unpaired) electrons. The lowest BCUT2D eigenvalue weighted by Crippen LogP contribution is -2.40. The zero-order valence-electron chi connectivity index (χ0n) is 11.8. The normalized spacial score (nSPS) is 13.3. The molecular weight excluding hydrogens is 273 g/mol. The number of nitrogens with one attached hydrogen (secondary N) is 1. The molecule has 5 heteroatoms. The number of hydrogen-bond donors (Lipinski definition) is 2. The third-order valence-corrected chi connectivity index (χ3v) is 3.31. The second kappa shape index (κ2) is 5.83. The summed E-state index contributed by atoms with van der Waals surface area (Å²) in [5, 5.41) is 12.5. The summed E-state index contributed by atoms with van der Waals surface area (Å²) < 4.78 is 18.1. The van der Waals surface area contributed by atoms with Crippen molar-refractivity contribution in [2.24, 2.45) is 0 Å². The third kappa shape index (κ3) is 3.13. The Morgan fingerprint density at radius 3 is 2.48 bits per heavy atom. The third-order valence-electron chi connectivity index (χ3n) is 3.31. The van der Waals surface area contributed by atoms with E-state index in [4.69, 9.17) is 4.74 Å². The van der Waals surface area contributed by atoms with Crippen molar-refractivity contribution in [3.8, 4) is 5.75 Å². The van der Waals surface area contributed by atoms with Gasteiger partial charge in [-0.1, -0.05) is 12.1 Å². The average molecular weight is 289 g/mol. The van der Waals surface area contributed by atoms with Gasteiger partial charge < -0.3 is 15.2 Å². The summed E-state index contributed by atoms with van der Waals surface area (Å²) >= 11 is 0. The van der Waals surface area contributed by atoms with Crippen LogP contribution in [0.4, 0.5) is 10.1 Å². The SMILES string of the molecule is COc1cccc(C(C)(Nc2ccc(F)cc2)C(=O)O)c1. The van der Waals surface area contributed by atoms with Gasteiger partial charge in [0.2, 0.25) is 0 Å². The Balaban J connectivity index is 2.39. The smallest absolute Gasteiger partial charge is 0.333 e. The highest BCUT2D eigenvalue weighted by atomic mass is 19.1. The van der Waals surface area contributed by atoms with Gasteiger partial charge in [-0.2, -0.15) is 0 Å². The lowest BCUT2D eigenvalue weighted by atomic mass is 9.91. The minimum absolute atomic E-state index is 0.376. The first-order chi connectivity index (χ1) is 9.95. The highest BCUT2D eigenvalue weighted by molar-refractivity contribution is 5.84. The molecule has 2 aromatic carbocycles. The van der Waals surface area contributed by atoms with Gasteiger partial charge in [0, 0.05) is 5.69 Å². The summed E-state index contributed by atoms with van der Waals surface area (Å²) in [6.45, 7) is 1.55. The zero-order valence-corrected chi connectivity index (χ0v) is 11.8. The number of methoxy groups -OCH3 is 1. The summed E-state index contributed by atoms with van der Waals surface area (Å²) in [5.74, 6) is -0.847. The predicted molar refractivity (Wildman–Crippen MR) is 78.0 cm³/mol. The van der Waals surface area contributed by atoms with Crippen molar-refractivity contribution in [3.05, 3.63) is 59.9 Å². The average Bonchev–Trinajstić information content (AvgIpc) is 2.49. The van der Waals surface area contributed by atoms with E-state index >= 15 is 0 Å². The van der Waals surface area contributed by atoms with Crippen LogP contribution in [0.15, 0.2) is 48.5 Å². The summed E-state index contributed by atoms with van der Waals surface area (Å²) in [6.07, 6.45) is 0. The van der Waals surface area contributed by atoms with Crippen molar-refractivity contribution in [1.82, 2.24) is 0 Å².